The van der Waals surface area contributed by atoms with Crippen molar-refractivity contribution in [2.45, 2.75) is 27.4 Å². The number of aryl methyl sites for hydroxylation is 1. The highest BCUT2D eigenvalue weighted by Crippen LogP contribution is 2.37. The number of ether oxygens (including phenoxy) is 2. The van der Waals surface area contributed by atoms with Crippen molar-refractivity contribution in [2.75, 3.05) is 13.2 Å². The lowest BCUT2D eigenvalue weighted by Gasteiger charge is -2.15. The van der Waals surface area contributed by atoms with Crippen LogP contribution in [0.5, 0.6) is 11.5 Å². The van der Waals surface area contributed by atoms with Crippen molar-refractivity contribution in [2.24, 2.45) is 0 Å². The monoisotopic (exact) mass is 523 g/mol. The molecule has 0 unspecified atom stereocenters. The fourth-order valence-corrected chi connectivity index (χ4v) is 4.52. The quantitative estimate of drug-likeness (QED) is 0.348. The number of likely N-dealkylation sites (N-methyl/N-ethyl adjacent to an activating group) is 1. The topological polar surface area (TPSA) is 55.8 Å². The molecule has 29 heavy (non-hydrogen) atoms. The summed E-state index contributed by atoms with van der Waals surface area (Å²) >= 11 is 3.17. The van der Waals surface area contributed by atoms with E-state index in [2.05, 4.69) is 41.6 Å². The van der Waals surface area contributed by atoms with Gasteiger partial charge in [0.25, 0.3) is 11.1 Å². The van der Waals surface area contributed by atoms with E-state index in [4.69, 9.17) is 9.47 Å². The Morgan fingerprint density at radius 3 is 2.45 bits per heavy atom. The van der Waals surface area contributed by atoms with Gasteiger partial charge in [0.2, 0.25) is 0 Å². The molecule has 152 valence electrons. The van der Waals surface area contributed by atoms with E-state index < -0.39 is 0 Å². The first-order valence-corrected chi connectivity index (χ1v) is 11.2. The number of imide groups is 1. The van der Waals surface area contributed by atoms with Crippen LogP contribution in [0.2, 0.25) is 0 Å². The zero-order valence-electron chi connectivity index (χ0n) is 16.5. The van der Waals surface area contributed by atoms with Crippen LogP contribution in [0.1, 0.15) is 30.5 Å². The van der Waals surface area contributed by atoms with E-state index in [0.29, 0.717) is 36.2 Å². The molecule has 1 aliphatic heterocycles. The number of halogens is 1. The fourth-order valence-electron chi connectivity index (χ4n) is 2.84. The second kappa shape index (κ2) is 9.67. The molecule has 1 heterocycles. The summed E-state index contributed by atoms with van der Waals surface area (Å²) in [6.45, 7) is 7.05. The van der Waals surface area contributed by atoms with Crippen LogP contribution < -0.4 is 9.47 Å². The Hall–Kier alpha value is -2.00. The average molecular weight is 523 g/mol. The molecule has 0 N–H and O–H groups in total. The predicted octanol–water partition coefficient (Wildman–Crippen LogP) is 5.63. The summed E-state index contributed by atoms with van der Waals surface area (Å²) in [6, 6.07) is 12.0. The molecule has 0 atom stereocenters. The lowest BCUT2D eigenvalue weighted by atomic mass is 10.1. The first kappa shape index (κ1) is 21.7. The van der Waals surface area contributed by atoms with Crippen LogP contribution in [0.4, 0.5) is 4.79 Å². The number of carbonyl (C=O) groups excluding carboxylic acids is 2. The Bertz CT molecular complexity index is 956. The van der Waals surface area contributed by atoms with Gasteiger partial charge < -0.3 is 9.47 Å². The van der Waals surface area contributed by atoms with Gasteiger partial charge in [-0.25, -0.2) is 0 Å². The van der Waals surface area contributed by atoms with E-state index >= 15 is 0 Å². The van der Waals surface area contributed by atoms with Gasteiger partial charge >= 0.3 is 0 Å². The maximum Gasteiger partial charge on any atom is 0.293 e. The Morgan fingerprint density at radius 2 is 1.83 bits per heavy atom. The Morgan fingerprint density at radius 1 is 1.10 bits per heavy atom. The first-order valence-electron chi connectivity index (χ1n) is 9.33. The summed E-state index contributed by atoms with van der Waals surface area (Å²) in [5, 5.41) is -0.235. The van der Waals surface area contributed by atoms with Crippen molar-refractivity contribution in [1.82, 2.24) is 4.90 Å². The first-order chi connectivity index (χ1) is 13.9. The zero-order valence-corrected chi connectivity index (χ0v) is 19.5. The molecule has 3 rings (SSSR count). The van der Waals surface area contributed by atoms with Crippen molar-refractivity contribution < 1.29 is 19.1 Å². The van der Waals surface area contributed by atoms with Gasteiger partial charge in [-0.3, -0.25) is 14.5 Å². The summed E-state index contributed by atoms with van der Waals surface area (Å²) < 4.78 is 12.7. The van der Waals surface area contributed by atoms with E-state index in [9.17, 15) is 9.59 Å². The van der Waals surface area contributed by atoms with Crippen molar-refractivity contribution in [3.05, 3.63) is 61.6 Å². The van der Waals surface area contributed by atoms with Gasteiger partial charge in [-0.15, -0.1) is 0 Å². The molecule has 0 saturated carbocycles. The van der Waals surface area contributed by atoms with Crippen LogP contribution >= 0.6 is 34.4 Å². The number of hydrogen-bond acceptors (Lipinski definition) is 5. The number of carbonyl (C=O) groups is 2. The molecule has 0 bridgehead atoms. The van der Waals surface area contributed by atoms with Crippen molar-refractivity contribution in [3.63, 3.8) is 0 Å². The highest BCUT2D eigenvalue weighted by molar-refractivity contribution is 14.1. The SMILES string of the molecule is CCOc1cc(/C=C2/SC(=O)N(CC)C2=O)cc(I)c1OCc1ccc(C)cc1. The zero-order chi connectivity index (χ0) is 21.0. The van der Waals surface area contributed by atoms with Crippen molar-refractivity contribution >= 4 is 51.6 Å². The third-order valence-corrected chi connectivity index (χ3v) is 6.03. The van der Waals surface area contributed by atoms with Gasteiger partial charge in [0, 0.05) is 6.54 Å². The molecule has 0 radical (unpaired) electrons. The van der Waals surface area contributed by atoms with Crippen LogP contribution in [-0.4, -0.2) is 29.2 Å². The third-order valence-electron chi connectivity index (χ3n) is 4.32. The minimum Gasteiger partial charge on any atom is -0.490 e. The molecule has 2 aromatic carbocycles. The number of amides is 2. The number of nitrogens with zero attached hydrogens (tertiary/aromatic N) is 1. The number of benzene rings is 2. The molecule has 1 fully saturated rings. The molecular weight excluding hydrogens is 501 g/mol. The molecule has 7 heteroatoms. The lowest BCUT2D eigenvalue weighted by Crippen LogP contribution is -2.27. The van der Waals surface area contributed by atoms with Crippen LogP contribution in [0.25, 0.3) is 6.08 Å². The molecule has 0 spiro atoms. The van der Waals surface area contributed by atoms with E-state index in [1.165, 1.54) is 10.5 Å². The average Bonchev–Trinajstić information content (AvgIpc) is 2.95. The number of rotatable bonds is 7. The molecular formula is C22H22INO4S. The van der Waals surface area contributed by atoms with Crippen LogP contribution in [-0.2, 0) is 11.4 Å². The minimum atomic E-state index is -0.254. The number of thioether (sulfide) groups is 1. The standard InChI is InChI=1S/C22H22INO4S/c1-4-24-21(25)19(29-22(24)26)12-16-10-17(23)20(18(11-16)27-5-2)28-13-15-8-6-14(3)7-9-15/h6-12H,4-5,13H2,1-3H3/b19-12+. The predicted molar refractivity (Wildman–Crippen MR) is 124 cm³/mol. The highest BCUT2D eigenvalue weighted by atomic mass is 127. The van der Waals surface area contributed by atoms with Gasteiger partial charge in [0.1, 0.15) is 6.61 Å². The van der Waals surface area contributed by atoms with E-state index in [1.54, 1.807) is 13.0 Å². The summed E-state index contributed by atoms with van der Waals surface area (Å²) in [4.78, 5) is 25.9. The smallest absolute Gasteiger partial charge is 0.293 e. The summed E-state index contributed by atoms with van der Waals surface area (Å²) in [6.07, 6.45) is 1.73. The molecule has 1 saturated heterocycles. The summed E-state index contributed by atoms with van der Waals surface area (Å²) in [5.74, 6) is 1.04. The van der Waals surface area contributed by atoms with Gasteiger partial charge in [-0.05, 0) is 84.5 Å². The van der Waals surface area contributed by atoms with E-state index in [1.807, 2.05) is 31.2 Å². The fraction of sp³-hybridized carbons (Fsp3) is 0.273. The Balaban J connectivity index is 1.86. The lowest BCUT2D eigenvalue weighted by molar-refractivity contribution is -0.122. The van der Waals surface area contributed by atoms with Gasteiger partial charge in [-0.2, -0.15) is 0 Å². The molecule has 2 aromatic rings. The maximum atomic E-state index is 12.4. The van der Waals surface area contributed by atoms with Crippen LogP contribution in [0.3, 0.4) is 0 Å². The van der Waals surface area contributed by atoms with Gasteiger partial charge in [0.05, 0.1) is 15.1 Å². The third kappa shape index (κ3) is 5.14. The Labute approximate surface area is 188 Å². The number of hydrogen-bond donors (Lipinski definition) is 0. The van der Waals surface area contributed by atoms with Gasteiger partial charge in [0.15, 0.2) is 11.5 Å². The maximum absolute atomic E-state index is 12.4. The largest absolute Gasteiger partial charge is 0.490 e. The molecule has 0 aromatic heterocycles. The highest BCUT2D eigenvalue weighted by Gasteiger charge is 2.33. The normalized spacial score (nSPS) is 15.3. The van der Waals surface area contributed by atoms with Gasteiger partial charge in [-0.1, -0.05) is 29.8 Å². The second-order valence-electron chi connectivity index (χ2n) is 6.46. The summed E-state index contributed by atoms with van der Waals surface area (Å²) in [7, 11) is 0. The van der Waals surface area contributed by atoms with E-state index in [0.717, 1.165) is 26.5 Å². The minimum absolute atomic E-state index is 0.235. The summed E-state index contributed by atoms with van der Waals surface area (Å²) in [5.41, 5.74) is 3.07. The molecule has 2 amide bonds. The van der Waals surface area contributed by atoms with Crippen LogP contribution in [0.15, 0.2) is 41.3 Å². The van der Waals surface area contributed by atoms with E-state index in [-0.39, 0.29) is 11.1 Å². The molecule has 5 nitrogen and oxygen atoms in total. The second-order valence-corrected chi connectivity index (χ2v) is 8.62. The molecule has 0 aliphatic carbocycles. The van der Waals surface area contributed by atoms with Crippen LogP contribution in [0, 0.1) is 10.5 Å². The van der Waals surface area contributed by atoms with Crippen molar-refractivity contribution in [1.29, 1.82) is 0 Å². The Kier molecular flexibility index (Phi) is 7.23. The van der Waals surface area contributed by atoms with Crippen molar-refractivity contribution in [3.8, 4) is 11.5 Å². The molecule has 1 aliphatic rings.